The second-order valence-electron chi connectivity index (χ2n) is 6.79. The van der Waals surface area contributed by atoms with Crippen molar-refractivity contribution < 1.29 is 4.74 Å². The molecule has 0 fully saturated rings. The van der Waals surface area contributed by atoms with Gasteiger partial charge >= 0.3 is 0 Å². The number of hydrogen-bond donors (Lipinski definition) is 0. The number of anilines is 2. The normalized spacial score (nSPS) is 13.0. The molecule has 0 spiro atoms. The molecule has 0 bridgehead atoms. The van der Waals surface area contributed by atoms with E-state index in [1.807, 2.05) is 36.4 Å². The lowest BCUT2D eigenvalue weighted by molar-refractivity contribution is 0.418. The molecule has 0 N–H and O–H groups in total. The maximum Gasteiger partial charge on any atom is 0.163 e. The quantitative estimate of drug-likeness (QED) is 0.380. The lowest BCUT2D eigenvalue weighted by atomic mass is 10.1. The van der Waals surface area contributed by atoms with E-state index in [1.54, 1.807) is 19.5 Å². The van der Waals surface area contributed by atoms with Gasteiger partial charge in [0.25, 0.3) is 0 Å². The molecule has 1 aliphatic rings. The summed E-state index contributed by atoms with van der Waals surface area (Å²) in [7, 11) is 1.65. The number of benzene rings is 2. The van der Waals surface area contributed by atoms with Crippen LogP contribution >= 0.6 is 27.5 Å². The second-order valence-corrected chi connectivity index (χ2v) is 8.14. The Hall–Kier alpha value is -2.70. The molecule has 1 aliphatic heterocycles. The van der Waals surface area contributed by atoms with Crippen LogP contribution in [0.15, 0.2) is 59.3 Å². The van der Waals surface area contributed by atoms with E-state index in [9.17, 15) is 0 Å². The van der Waals surface area contributed by atoms with Gasteiger partial charge in [0.2, 0.25) is 0 Å². The minimum Gasteiger partial charge on any atom is -0.494 e. The molecule has 0 amide bonds. The van der Waals surface area contributed by atoms with Gasteiger partial charge in [-0.25, -0.2) is 9.97 Å². The van der Waals surface area contributed by atoms with Gasteiger partial charge < -0.3 is 9.64 Å². The third-order valence-corrected chi connectivity index (χ3v) is 5.74. The van der Waals surface area contributed by atoms with E-state index in [2.05, 4.69) is 31.9 Å². The first kappa shape index (κ1) is 18.3. The number of hydrogen-bond acceptors (Lipinski definition) is 5. The van der Waals surface area contributed by atoms with Crippen molar-refractivity contribution >= 4 is 49.9 Å². The summed E-state index contributed by atoms with van der Waals surface area (Å²) in [6, 6.07) is 13.8. The number of methoxy groups -OCH3 is 1. The third kappa shape index (κ3) is 3.22. The Bertz CT molecular complexity index is 1230. The monoisotopic (exact) mass is 466 g/mol. The summed E-state index contributed by atoms with van der Waals surface area (Å²) in [5.41, 5.74) is 3.96. The summed E-state index contributed by atoms with van der Waals surface area (Å²) in [4.78, 5) is 16.2. The Morgan fingerprint density at radius 3 is 2.83 bits per heavy atom. The Morgan fingerprint density at radius 2 is 2.03 bits per heavy atom. The zero-order valence-electron chi connectivity index (χ0n) is 15.6. The molecule has 0 saturated carbocycles. The summed E-state index contributed by atoms with van der Waals surface area (Å²) in [5, 5.41) is 1.67. The molecule has 0 aliphatic carbocycles. The molecule has 0 saturated heterocycles. The Balaban J connectivity index is 1.79. The van der Waals surface area contributed by atoms with Crippen LogP contribution in [0.2, 0.25) is 5.02 Å². The van der Waals surface area contributed by atoms with Gasteiger partial charge in [-0.3, -0.25) is 4.98 Å². The van der Waals surface area contributed by atoms with Crippen molar-refractivity contribution in [3.8, 4) is 17.1 Å². The number of halogens is 2. The molecule has 2 aromatic carbocycles. The fourth-order valence-corrected chi connectivity index (χ4v) is 4.36. The van der Waals surface area contributed by atoms with Crippen molar-refractivity contribution in [1.82, 2.24) is 15.0 Å². The van der Waals surface area contributed by atoms with Crippen LogP contribution in [-0.2, 0) is 6.42 Å². The van der Waals surface area contributed by atoms with Gasteiger partial charge in [-0.1, -0.05) is 27.5 Å². The van der Waals surface area contributed by atoms with Crippen molar-refractivity contribution in [3.05, 3.63) is 69.9 Å². The van der Waals surface area contributed by atoms with Gasteiger partial charge in [-0.2, -0.15) is 0 Å². The Labute approximate surface area is 181 Å². The zero-order chi connectivity index (χ0) is 20.0. The highest BCUT2D eigenvalue weighted by atomic mass is 79.9. The molecule has 5 rings (SSSR count). The molecule has 2 aromatic heterocycles. The second kappa shape index (κ2) is 7.28. The van der Waals surface area contributed by atoms with Crippen molar-refractivity contribution in [1.29, 1.82) is 0 Å². The lowest BCUT2D eigenvalue weighted by Crippen LogP contribution is -2.16. The molecule has 7 heteroatoms. The van der Waals surface area contributed by atoms with Crippen LogP contribution in [0.5, 0.6) is 5.75 Å². The number of aromatic nitrogens is 3. The highest BCUT2D eigenvalue weighted by molar-refractivity contribution is 9.10. The SMILES string of the molecule is COc1cc(Br)cc2c(N3CCc4cc(Cl)ccc43)nc(-c3cccnc3)nc12. The van der Waals surface area contributed by atoms with E-state index < -0.39 is 0 Å². The fraction of sp³-hybridized carbons (Fsp3) is 0.136. The number of pyridine rings is 1. The smallest absolute Gasteiger partial charge is 0.163 e. The fourth-order valence-electron chi connectivity index (χ4n) is 3.73. The van der Waals surface area contributed by atoms with Gasteiger partial charge in [-0.15, -0.1) is 0 Å². The highest BCUT2D eigenvalue weighted by Crippen LogP contribution is 2.41. The van der Waals surface area contributed by atoms with E-state index in [-0.39, 0.29) is 0 Å². The van der Waals surface area contributed by atoms with Crippen molar-refractivity contribution in [2.24, 2.45) is 0 Å². The molecule has 3 heterocycles. The van der Waals surface area contributed by atoms with E-state index in [0.717, 1.165) is 50.4 Å². The van der Waals surface area contributed by atoms with Crippen LogP contribution in [-0.4, -0.2) is 28.6 Å². The number of nitrogens with zero attached hydrogens (tertiary/aromatic N) is 4. The van der Waals surface area contributed by atoms with Crippen LogP contribution in [0.1, 0.15) is 5.56 Å². The van der Waals surface area contributed by atoms with Crippen LogP contribution in [0.25, 0.3) is 22.3 Å². The first-order valence-corrected chi connectivity index (χ1v) is 10.3. The first-order chi connectivity index (χ1) is 14.1. The van der Waals surface area contributed by atoms with Crippen molar-refractivity contribution in [2.75, 3.05) is 18.6 Å². The highest BCUT2D eigenvalue weighted by Gasteiger charge is 2.25. The van der Waals surface area contributed by atoms with Crippen LogP contribution < -0.4 is 9.64 Å². The molecule has 144 valence electrons. The summed E-state index contributed by atoms with van der Waals surface area (Å²) in [6.45, 7) is 0.823. The van der Waals surface area contributed by atoms with Crippen LogP contribution in [0.3, 0.4) is 0 Å². The number of rotatable bonds is 3. The average molecular weight is 468 g/mol. The van der Waals surface area contributed by atoms with Crippen molar-refractivity contribution in [3.63, 3.8) is 0 Å². The molecule has 0 radical (unpaired) electrons. The topological polar surface area (TPSA) is 51.1 Å². The molecule has 29 heavy (non-hydrogen) atoms. The summed E-state index contributed by atoms with van der Waals surface area (Å²) in [5.74, 6) is 2.15. The van der Waals surface area contributed by atoms with Gasteiger partial charge in [0.05, 0.1) is 7.11 Å². The predicted octanol–water partition coefficient (Wildman–Crippen LogP) is 5.81. The summed E-state index contributed by atoms with van der Waals surface area (Å²) < 4.78 is 6.54. The molecule has 5 nitrogen and oxygen atoms in total. The predicted molar refractivity (Wildman–Crippen MR) is 119 cm³/mol. The van der Waals surface area contributed by atoms with E-state index in [0.29, 0.717) is 11.6 Å². The van der Waals surface area contributed by atoms with Gasteiger partial charge in [0.1, 0.15) is 17.1 Å². The molecular weight excluding hydrogens is 452 g/mol. The largest absolute Gasteiger partial charge is 0.494 e. The minimum atomic E-state index is 0.614. The number of fused-ring (bicyclic) bond motifs is 2. The average Bonchev–Trinajstić information content (AvgIpc) is 3.16. The third-order valence-electron chi connectivity index (χ3n) is 5.04. The molecule has 0 unspecified atom stereocenters. The van der Waals surface area contributed by atoms with Crippen LogP contribution in [0.4, 0.5) is 11.5 Å². The Kier molecular flexibility index (Phi) is 4.60. The molecular formula is C22H16BrClN4O. The maximum absolute atomic E-state index is 6.20. The van der Waals surface area contributed by atoms with Crippen molar-refractivity contribution in [2.45, 2.75) is 6.42 Å². The first-order valence-electron chi connectivity index (χ1n) is 9.15. The summed E-state index contributed by atoms with van der Waals surface area (Å²) >= 11 is 9.79. The van der Waals surface area contributed by atoms with Gasteiger partial charge in [0.15, 0.2) is 5.82 Å². The standard InChI is InChI=1S/C22H16BrClN4O/c1-29-19-11-15(23)10-17-20(19)26-21(14-3-2-7-25-12-14)27-22(17)28-8-6-13-9-16(24)4-5-18(13)28/h2-5,7,9-12H,6,8H2,1H3. The van der Waals surface area contributed by atoms with Gasteiger partial charge in [-0.05, 0) is 54.4 Å². The van der Waals surface area contributed by atoms with Gasteiger partial charge in [0, 0.05) is 45.1 Å². The van der Waals surface area contributed by atoms with E-state index >= 15 is 0 Å². The zero-order valence-corrected chi connectivity index (χ0v) is 17.9. The summed E-state index contributed by atoms with van der Waals surface area (Å²) in [6.07, 6.45) is 4.42. The van der Waals surface area contributed by atoms with E-state index in [1.165, 1.54) is 5.56 Å². The van der Waals surface area contributed by atoms with Crippen LogP contribution in [0, 0.1) is 0 Å². The number of ether oxygens (including phenoxy) is 1. The minimum absolute atomic E-state index is 0.614. The van der Waals surface area contributed by atoms with E-state index in [4.69, 9.17) is 26.3 Å². The molecule has 0 atom stereocenters. The maximum atomic E-state index is 6.20. The lowest BCUT2D eigenvalue weighted by Gasteiger charge is -2.22. The molecule has 4 aromatic rings. The Morgan fingerprint density at radius 1 is 1.14 bits per heavy atom.